The molecule has 8 heteroatoms. The van der Waals surface area contributed by atoms with Crippen LogP contribution in [0.2, 0.25) is 0 Å². The predicted octanol–water partition coefficient (Wildman–Crippen LogP) is 3.83. The summed E-state index contributed by atoms with van der Waals surface area (Å²) >= 11 is 4.26. The third kappa shape index (κ3) is 3.43. The van der Waals surface area contributed by atoms with Crippen molar-refractivity contribution >= 4 is 37.3 Å². The lowest BCUT2D eigenvalue weighted by atomic mass is 10.1. The van der Waals surface area contributed by atoms with Gasteiger partial charge in [-0.3, -0.25) is 0 Å². The second kappa shape index (κ2) is 5.88. The van der Waals surface area contributed by atoms with E-state index in [1.165, 1.54) is 12.1 Å². The summed E-state index contributed by atoms with van der Waals surface area (Å²) < 4.78 is 53.4. The zero-order chi connectivity index (χ0) is 14.9. The van der Waals surface area contributed by atoms with Crippen molar-refractivity contribution in [3.63, 3.8) is 0 Å². The molecule has 0 aliphatic rings. The average molecular weight is 382 g/mol. The fraction of sp³-hybridized carbons (Fsp3) is 0.167. The standard InChI is InChI=1S/C12H10BrF2NO2S2/c1-7(8-2-3-9(14)10(15)6-8)16-20(17,18)12-5-4-11(13)19-12/h2-7,16H,1H3. The van der Waals surface area contributed by atoms with Gasteiger partial charge in [0.05, 0.1) is 3.79 Å². The van der Waals surface area contributed by atoms with Crippen LogP contribution in [-0.2, 0) is 10.0 Å². The molecule has 1 heterocycles. The fourth-order valence-corrected chi connectivity index (χ4v) is 4.84. The van der Waals surface area contributed by atoms with Gasteiger partial charge in [0.1, 0.15) is 4.21 Å². The molecule has 3 nitrogen and oxygen atoms in total. The van der Waals surface area contributed by atoms with Crippen molar-refractivity contribution in [3.8, 4) is 0 Å². The van der Waals surface area contributed by atoms with Gasteiger partial charge in [-0.05, 0) is 52.7 Å². The molecule has 0 saturated heterocycles. The highest BCUT2D eigenvalue weighted by Crippen LogP contribution is 2.27. The molecule has 0 bridgehead atoms. The van der Waals surface area contributed by atoms with E-state index in [-0.39, 0.29) is 4.21 Å². The van der Waals surface area contributed by atoms with Gasteiger partial charge in [-0.1, -0.05) is 6.07 Å². The molecule has 1 atom stereocenters. The number of rotatable bonds is 4. The summed E-state index contributed by atoms with van der Waals surface area (Å²) in [6, 6.07) is 5.72. The smallest absolute Gasteiger partial charge is 0.206 e. The molecule has 2 rings (SSSR count). The summed E-state index contributed by atoms with van der Waals surface area (Å²) in [6.07, 6.45) is 0. The van der Waals surface area contributed by atoms with E-state index in [0.717, 1.165) is 23.5 Å². The monoisotopic (exact) mass is 381 g/mol. The van der Waals surface area contributed by atoms with Crippen molar-refractivity contribution in [1.29, 1.82) is 0 Å². The summed E-state index contributed by atoms with van der Waals surface area (Å²) in [5, 5.41) is 0. The van der Waals surface area contributed by atoms with Gasteiger partial charge in [-0.2, -0.15) is 0 Å². The summed E-state index contributed by atoms with van der Waals surface area (Å²) in [7, 11) is -3.69. The van der Waals surface area contributed by atoms with E-state index < -0.39 is 27.7 Å². The maximum absolute atomic E-state index is 13.1. The fourth-order valence-electron chi connectivity index (χ4n) is 1.58. The number of hydrogen-bond acceptors (Lipinski definition) is 3. The Balaban J connectivity index is 2.22. The third-order valence-corrected chi connectivity index (χ3v) is 6.25. The van der Waals surface area contributed by atoms with Gasteiger partial charge in [0.25, 0.3) is 10.0 Å². The van der Waals surface area contributed by atoms with Crippen LogP contribution in [-0.4, -0.2) is 8.42 Å². The van der Waals surface area contributed by atoms with Crippen LogP contribution < -0.4 is 4.72 Å². The molecule has 20 heavy (non-hydrogen) atoms. The van der Waals surface area contributed by atoms with Crippen LogP contribution in [0.4, 0.5) is 8.78 Å². The highest BCUT2D eigenvalue weighted by Gasteiger charge is 2.20. The highest BCUT2D eigenvalue weighted by molar-refractivity contribution is 9.11. The highest BCUT2D eigenvalue weighted by atomic mass is 79.9. The van der Waals surface area contributed by atoms with Gasteiger partial charge in [0, 0.05) is 6.04 Å². The first-order valence-corrected chi connectivity index (χ1v) is 8.61. The third-order valence-electron chi connectivity index (χ3n) is 2.59. The zero-order valence-corrected chi connectivity index (χ0v) is 13.4. The van der Waals surface area contributed by atoms with E-state index >= 15 is 0 Å². The molecule has 0 fully saturated rings. The van der Waals surface area contributed by atoms with E-state index in [1.54, 1.807) is 13.0 Å². The number of benzene rings is 1. The molecule has 1 unspecified atom stereocenters. The Morgan fingerprint density at radius 3 is 2.45 bits per heavy atom. The molecule has 0 aliphatic carbocycles. The molecule has 0 saturated carbocycles. The van der Waals surface area contributed by atoms with Crippen molar-refractivity contribution in [2.45, 2.75) is 17.2 Å². The lowest BCUT2D eigenvalue weighted by Gasteiger charge is -2.14. The molecule has 108 valence electrons. The van der Waals surface area contributed by atoms with E-state index in [1.807, 2.05) is 0 Å². The van der Waals surface area contributed by atoms with Crippen LogP contribution in [0.25, 0.3) is 0 Å². The van der Waals surface area contributed by atoms with Crippen molar-refractivity contribution in [2.75, 3.05) is 0 Å². The lowest BCUT2D eigenvalue weighted by Crippen LogP contribution is -2.26. The zero-order valence-electron chi connectivity index (χ0n) is 10.2. The number of halogens is 3. The second-order valence-corrected chi connectivity index (χ2v) is 8.48. The van der Waals surface area contributed by atoms with Crippen LogP contribution in [0.1, 0.15) is 18.5 Å². The summed E-state index contributed by atoms with van der Waals surface area (Å²) in [5.41, 5.74) is 0.350. The van der Waals surface area contributed by atoms with Gasteiger partial charge < -0.3 is 0 Å². The van der Waals surface area contributed by atoms with Crippen molar-refractivity contribution in [3.05, 3.63) is 51.3 Å². The normalized spacial score (nSPS) is 13.4. The Kier molecular flexibility index (Phi) is 4.58. The Labute approximate surface area is 127 Å². The van der Waals surface area contributed by atoms with Crippen molar-refractivity contribution in [1.82, 2.24) is 4.72 Å². The number of sulfonamides is 1. The minimum absolute atomic E-state index is 0.152. The first kappa shape index (κ1) is 15.6. The summed E-state index contributed by atoms with van der Waals surface area (Å²) in [4.78, 5) is 0. The molecule has 2 aromatic rings. The number of thiophene rings is 1. The van der Waals surface area contributed by atoms with Crippen LogP contribution in [0.3, 0.4) is 0 Å². The van der Waals surface area contributed by atoms with Gasteiger partial charge in [-0.15, -0.1) is 11.3 Å². The molecule has 0 spiro atoms. The summed E-state index contributed by atoms with van der Waals surface area (Å²) in [6.45, 7) is 1.56. The van der Waals surface area contributed by atoms with Crippen LogP contribution in [0, 0.1) is 11.6 Å². The van der Waals surface area contributed by atoms with E-state index in [9.17, 15) is 17.2 Å². The minimum atomic E-state index is -3.69. The van der Waals surface area contributed by atoms with E-state index in [2.05, 4.69) is 20.7 Å². The predicted molar refractivity (Wildman–Crippen MR) is 77.1 cm³/mol. The topological polar surface area (TPSA) is 46.2 Å². The lowest BCUT2D eigenvalue weighted by molar-refractivity contribution is 0.504. The van der Waals surface area contributed by atoms with Crippen LogP contribution in [0.5, 0.6) is 0 Å². The molecule has 1 N–H and O–H groups in total. The van der Waals surface area contributed by atoms with Gasteiger partial charge in [-0.25, -0.2) is 21.9 Å². The first-order valence-electron chi connectivity index (χ1n) is 5.52. The Morgan fingerprint density at radius 1 is 1.20 bits per heavy atom. The van der Waals surface area contributed by atoms with Gasteiger partial charge >= 0.3 is 0 Å². The van der Waals surface area contributed by atoms with Crippen molar-refractivity contribution in [2.24, 2.45) is 0 Å². The van der Waals surface area contributed by atoms with Crippen LogP contribution >= 0.6 is 27.3 Å². The minimum Gasteiger partial charge on any atom is -0.206 e. The number of hydrogen-bond donors (Lipinski definition) is 1. The second-order valence-electron chi connectivity index (χ2n) is 4.08. The quantitative estimate of drug-likeness (QED) is 0.874. The van der Waals surface area contributed by atoms with Crippen molar-refractivity contribution < 1.29 is 17.2 Å². The molecular weight excluding hydrogens is 372 g/mol. The molecule has 1 aromatic heterocycles. The number of nitrogens with one attached hydrogen (secondary N) is 1. The Hall–Kier alpha value is -0.830. The Bertz CT molecular complexity index is 731. The summed E-state index contributed by atoms with van der Waals surface area (Å²) in [5.74, 6) is -1.97. The maximum atomic E-state index is 13.1. The molecule has 0 amide bonds. The largest absolute Gasteiger partial charge is 0.250 e. The molecule has 0 aliphatic heterocycles. The maximum Gasteiger partial charge on any atom is 0.250 e. The molecular formula is C12H10BrF2NO2S2. The van der Waals surface area contributed by atoms with E-state index in [4.69, 9.17) is 0 Å². The first-order chi connectivity index (χ1) is 9.29. The molecule has 1 aromatic carbocycles. The SMILES string of the molecule is CC(NS(=O)(=O)c1ccc(Br)s1)c1ccc(F)c(F)c1. The van der Waals surface area contributed by atoms with E-state index in [0.29, 0.717) is 9.35 Å². The van der Waals surface area contributed by atoms with Gasteiger partial charge in [0.2, 0.25) is 0 Å². The van der Waals surface area contributed by atoms with Crippen LogP contribution in [0.15, 0.2) is 38.3 Å². The van der Waals surface area contributed by atoms with Gasteiger partial charge in [0.15, 0.2) is 11.6 Å². The molecule has 0 radical (unpaired) electrons. The average Bonchev–Trinajstić information content (AvgIpc) is 2.79. The Morgan fingerprint density at radius 2 is 1.90 bits per heavy atom.